The standard InChI is InChI=1S/C23H25ClFN5O3S/c1-14-9-21(30(28-14)16-3-2-4-16)29-12-17(11-19(29)22(31)27-23(13-26)7-8-23)34(32,33)20-6-5-15(25)10-18(20)24/h5-6,9-10,16-17,19H,2-4,7-8,11-12H2,1H3,(H,27,31)/t17-,19+/m1/s1. The summed E-state index contributed by atoms with van der Waals surface area (Å²) in [5.74, 6) is -0.298. The molecule has 2 atom stereocenters. The van der Waals surface area contributed by atoms with Crippen molar-refractivity contribution in [1.29, 1.82) is 5.26 Å². The first-order valence-electron chi connectivity index (χ1n) is 11.4. The largest absolute Gasteiger partial charge is 0.343 e. The van der Waals surface area contributed by atoms with Gasteiger partial charge in [-0.25, -0.2) is 17.5 Å². The fourth-order valence-corrected chi connectivity index (χ4v) is 6.97. The predicted molar refractivity (Wildman–Crippen MR) is 124 cm³/mol. The zero-order valence-electron chi connectivity index (χ0n) is 18.7. The highest BCUT2D eigenvalue weighted by Crippen LogP contribution is 2.40. The van der Waals surface area contributed by atoms with Crippen molar-refractivity contribution in [1.82, 2.24) is 15.1 Å². The van der Waals surface area contributed by atoms with Gasteiger partial charge in [0.05, 0.1) is 33.0 Å². The molecule has 2 aliphatic carbocycles. The number of benzene rings is 1. The maximum atomic E-state index is 13.5. The van der Waals surface area contributed by atoms with Gasteiger partial charge in [-0.1, -0.05) is 11.6 Å². The molecule has 2 saturated carbocycles. The molecule has 3 fully saturated rings. The number of aryl methyl sites for hydroxylation is 1. The van der Waals surface area contributed by atoms with Crippen LogP contribution in [0.3, 0.4) is 0 Å². The van der Waals surface area contributed by atoms with E-state index in [1.807, 2.05) is 17.7 Å². The molecule has 0 spiro atoms. The smallest absolute Gasteiger partial charge is 0.244 e. The molecule has 0 unspecified atom stereocenters. The van der Waals surface area contributed by atoms with Gasteiger partial charge in [-0.3, -0.25) is 4.79 Å². The first-order valence-corrected chi connectivity index (χ1v) is 13.3. The molecule has 0 radical (unpaired) electrons. The van der Waals surface area contributed by atoms with Crippen LogP contribution in [0.25, 0.3) is 0 Å². The fraction of sp³-hybridized carbons (Fsp3) is 0.522. The summed E-state index contributed by atoms with van der Waals surface area (Å²) in [5.41, 5.74) is -0.0889. The van der Waals surface area contributed by atoms with E-state index in [0.717, 1.165) is 37.1 Å². The summed E-state index contributed by atoms with van der Waals surface area (Å²) >= 11 is 6.09. The summed E-state index contributed by atoms with van der Waals surface area (Å²) in [6, 6.07) is 6.65. The Hall–Kier alpha value is -2.64. The predicted octanol–water partition coefficient (Wildman–Crippen LogP) is 3.30. The number of anilines is 1. The Labute approximate surface area is 202 Å². The van der Waals surface area contributed by atoms with Gasteiger partial charge in [-0.2, -0.15) is 10.4 Å². The average Bonchev–Trinajstić information content (AvgIpc) is 3.19. The third-order valence-corrected chi connectivity index (χ3v) is 9.70. The molecular formula is C23H25ClFN5O3S. The molecular weight excluding hydrogens is 481 g/mol. The van der Waals surface area contributed by atoms with E-state index in [2.05, 4.69) is 16.5 Å². The van der Waals surface area contributed by atoms with Crippen molar-refractivity contribution in [3.05, 3.63) is 40.8 Å². The molecule has 11 heteroatoms. The van der Waals surface area contributed by atoms with Crippen LogP contribution in [0.15, 0.2) is 29.2 Å². The van der Waals surface area contributed by atoms with E-state index in [1.54, 1.807) is 4.90 Å². The van der Waals surface area contributed by atoms with E-state index in [0.29, 0.717) is 18.7 Å². The zero-order valence-corrected chi connectivity index (χ0v) is 20.2. The maximum absolute atomic E-state index is 13.5. The number of amides is 1. The van der Waals surface area contributed by atoms with E-state index in [4.69, 9.17) is 11.6 Å². The summed E-state index contributed by atoms with van der Waals surface area (Å²) in [6.45, 7) is 1.93. The number of hydrogen-bond acceptors (Lipinski definition) is 6. The molecule has 34 heavy (non-hydrogen) atoms. The zero-order chi connectivity index (χ0) is 24.3. The Morgan fingerprint density at radius 1 is 1.32 bits per heavy atom. The summed E-state index contributed by atoms with van der Waals surface area (Å²) in [6.07, 6.45) is 4.23. The minimum Gasteiger partial charge on any atom is -0.343 e. The quantitative estimate of drug-likeness (QED) is 0.603. The van der Waals surface area contributed by atoms with E-state index in [1.165, 1.54) is 6.07 Å². The summed E-state index contributed by atoms with van der Waals surface area (Å²) in [5, 5.41) is 15.8. The second-order valence-corrected chi connectivity index (χ2v) is 12.1. The molecule has 2 aromatic rings. The lowest BCUT2D eigenvalue weighted by molar-refractivity contribution is -0.122. The van der Waals surface area contributed by atoms with Gasteiger partial charge in [0, 0.05) is 12.6 Å². The lowest BCUT2D eigenvalue weighted by Crippen LogP contribution is -2.48. The van der Waals surface area contributed by atoms with Crippen LogP contribution in [-0.2, 0) is 14.6 Å². The van der Waals surface area contributed by atoms with Crippen LogP contribution in [-0.4, -0.2) is 47.5 Å². The van der Waals surface area contributed by atoms with Gasteiger partial charge in [0.1, 0.15) is 23.2 Å². The molecule has 1 aliphatic heterocycles. The highest BCUT2D eigenvalue weighted by atomic mass is 35.5. The van der Waals surface area contributed by atoms with Gasteiger partial charge in [0.25, 0.3) is 0 Å². The van der Waals surface area contributed by atoms with Gasteiger partial charge in [-0.05, 0) is 63.6 Å². The normalized spacial score (nSPS) is 23.9. The van der Waals surface area contributed by atoms with Crippen molar-refractivity contribution in [3.63, 3.8) is 0 Å². The molecule has 8 nitrogen and oxygen atoms in total. The minimum atomic E-state index is -3.96. The van der Waals surface area contributed by atoms with Crippen molar-refractivity contribution in [2.75, 3.05) is 11.4 Å². The van der Waals surface area contributed by atoms with Gasteiger partial charge in [0.15, 0.2) is 9.84 Å². The molecule has 180 valence electrons. The average molecular weight is 506 g/mol. The number of sulfone groups is 1. The number of nitriles is 1. The van der Waals surface area contributed by atoms with Crippen molar-refractivity contribution in [3.8, 4) is 6.07 Å². The molecule has 3 aliphatic rings. The minimum absolute atomic E-state index is 0.0261. The number of hydrogen-bond donors (Lipinski definition) is 1. The summed E-state index contributed by atoms with van der Waals surface area (Å²) in [7, 11) is -3.96. The number of nitrogens with zero attached hydrogens (tertiary/aromatic N) is 4. The molecule has 1 saturated heterocycles. The molecule has 1 aromatic carbocycles. The van der Waals surface area contributed by atoms with E-state index >= 15 is 0 Å². The molecule has 0 bridgehead atoms. The van der Waals surface area contributed by atoms with Crippen molar-refractivity contribution < 1.29 is 17.6 Å². The van der Waals surface area contributed by atoms with E-state index in [9.17, 15) is 22.9 Å². The van der Waals surface area contributed by atoms with Crippen LogP contribution in [0.2, 0.25) is 5.02 Å². The van der Waals surface area contributed by atoms with Crippen LogP contribution < -0.4 is 10.2 Å². The summed E-state index contributed by atoms with van der Waals surface area (Å²) in [4.78, 5) is 15.0. The molecule has 1 amide bonds. The van der Waals surface area contributed by atoms with Gasteiger partial charge in [0.2, 0.25) is 5.91 Å². The first kappa shape index (κ1) is 23.1. The Morgan fingerprint density at radius 3 is 2.65 bits per heavy atom. The van der Waals surface area contributed by atoms with Crippen LogP contribution in [0, 0.1) is 24.1 Å². The first-order chi connectivity index (χ1) is 16.1. The molecule has 1 N–H and O–H groups in total. The number of carbonyl (C=O) groups excluding carboxylic acids is 1. The monoisotopic (exact) mass is 505 g/mol. The molecule has 5 rings (SSSR count). The van der Waals surface area contributed by atoms with Crippen LogP contribution >= 0.6 is 11.6 Å². The van der Waals surface area contributed by atoms with Crippen LogP contribution in [0.1, 0.15) is 50.3 Å². The topological polar surface area (TPSA) is 108 Å². The number of aromatic nitrogens is 2. The van der Waals surface area contributed by atoms with Gasteiger partial charge >= 0.3 is 0 Å². The molecule has 1 aromatic heterocycles. The SMILES string of the molecule is Cc1cc(N2C[C@H](S(=O)(=O)c3ccc(F)cc3Cl)C[C@H]2C(=O)NC2(C#N)CC2)n(C2CCC2)n1. The number of halogens is 2. The Morgan fingerprint density at radius 2 is 2.06 bits per heavy atom. The van der Waals surface area contributed by atoms with Crippen molar-refractivity contribution in [2.45, 2.75) is 73.2 Å². The number of rotatable bonds is 6. The Bertz CT molecular complexity index is 1300. The van der Waals surface area contributed by atoms with Crippen LogP contribution in [0.5, 0.6) is 0 Å². The Balaban J connectivity index is 1.51. The maximum Gasteiger partial charge on any atom is 0.244 e. The second kappa shape index (κ2) is 8.24. The third kappa shape index (κ3) is 3.95. The number of nitrogens with one attached hydrogen (secondary N) is 1. The number of carbonyl (C=O) groups is 1. The van der Waals surface area contributed by atoms with Crippen molar-refractivity contribution >= 4 is 33.2 Å². The van der Waals surface area contributed by atoms with E-state index in [-0.39, 0.29) is 34.8 Å². The van der Waals surface area contributed by atoms with Gasteiger partial charge < -0.3 is 10.2 Å². The second-order valence-electron chi connectivity index (χ2n) is 9.50. The van der Waals surface area contributed by atoms with E-state index < -0.39 is 32.5 Å². The van der Waals surface area contributed by atoms with Crippen LogP contribution in [0.4, 0.5) is 10.2 Å². The summed E-state index contributed by atoms with van der Waals surface area (Å²) < 4.78 is 42.5. The lowest BCUT2D eigenvalue weighted by Gasteiger charge is -2.32. The van der Waals surface area contributed by atoms with Gasteiger partial charge in [-0.15, -0.1) is 0 Å². The highest BCUT2D eigenvalue weighted by Gasteiger charge is 2.50. The third-order valence-electron chi connectivity index (χ3n) is 7.08. The Kier molecular flexibility index (Phi) is 5.60. The molecule has 2 heterocycles. The lowest BCUT2D eigenvalue weighted by atomic mass is 9.93. The van der Waals surface area contributed by atoms with Crippen molar-refractivity contribution in [2.24, 2.45) is 0 Å². The fourth-order valence-electron chi connectivity index (χ4n) is 4.74. The highest BCUT2D eigenvalue weighted by molar-refractivity contribution is 7.92.